The summed E-state index contributed by atoms with van der Waals surface area (Å²) in [5, 5.41) is 9.66. The number of esters is 2. The zero-order valence-corrected chi connectivity index (χ0v) is 46.8. The van der Waals surface area contributed by atoms with Crippen molar-refractivity contribution in [1.29, 1.82) is 0 Å². The number of aliphatic hydroxyl groups excluding tert-OH is 1. The van der Waals surface area contributed by atoms with Crippen molar-refractivity contribution in [2.24, 2.45) is 0 Å². The number of hydrogen-bond donors (Lipinski definition) is 1. The maximum Gasteiger partial charge on any atom is 0.306 e. The van der Waals surface area contributed by atoms with Gasteiger partial charge >= 0.3 is 11.9 Å². The fraction of sp³-hybridized carbons (Fsp3) is 0.507. The molecule has 410 valence electrons. The average Bonchev–Trinajstić information content (AvgIpc) is 3.40. The molecule has 74 heavy (non-hydrogen) atoms. The van der Waals surface area contributed by atoms with Gasteiger partial charge in [-0.3, -0.25) is 9.59 Å². The molecule has 1 N–H and O–H groups in total. The molecule has 0 bridgehead atoms. The van der Waals surface area contributed by atoms with Gasteiger partial charge in [0.25, 0.3) is 0 Å². The van der Waals surface area contributed by atoms with E-state index >= 15 is 0 Å². The van der Waals surface area contributed by atoms with Gasteiger partial charge in [-0.05, 0) is 141 Å². The Hall–Kier alpha value is -5.26. The Balaban J connectivity index is 3.69. The van der Waals surface area contributed by atoms with Gasteiger partial charge in [0.15, 0.2) is 6.10 Å². The number of unbranched alkanes of at least 4 members (excludes halogenated alkanes) is 10. The van der Waals surface area contributed by atoms with E-state index in [1.54, 1.807) is 0 Å². The molecule has 0 aliphatic carbocycles. The van der Waals surface area contributed by atoms with Crippen LogP contribution in [-0.2, 0) is 19.1 Å². The number of carbonyl (C=O) groups excluding carboxylic acids is 2. The van der Waals surface area contributed by atoms with E-state index in [4.69, 9.17) is 9.47 Å². The lowest BCUT2D eigenvalue weighted by Crippen LogP contribution is -2.28. The second kappa shape index (κ2) is 62.0. The third-order valence-corrected chi connectivity index (χ3v) is 11.4. The molecular weight excluding hydrogens is 909 g/mol. The van der Waals surface area contributed by atoms with E-state index in [9.17, 15) is 14.7 Å². The second-order valence-electron chi connectivity index (χ2n) is 18.2. The van der Waals surface area contributed by atoms with Gasteiger partial charge in [0, 0.05) is 12.8 Å². The largest absolute Gasteiger partial charge is 0.462 e. The van der Waals surface area contributed by atoms with Crippen molar-refractivity contribution in [1.82, 2.24) is 0 Å². The lowest BCUT2D eigenvalue weighted by molar-refractivity contribution is -0.161. The van der Waals surface area contributed by atoms with Crippen molar-refractivity contribution in [2.45, 2.75) is 213 Å². The van der Waals surface area contributed by atoms with Crippen LogP contribution in [0.1, 0.15) is 206 Å². The van der Waals surface area contributed by atoms with Gasteiger partial charge in [0.2, 0.25) is 0 Å². The van der Waals surface area contributed by atoms with E-state index in [-0.39, 0.29) is 25.2 Å². The Kier molecular flexibility index (Phi) is 57.6. The number of aliphatic hydroxyl groups is 1. The van der Waals surface area contributed by atoms with Crippen LogP contribution in [0.3, 0.4) is 0 Å². The Morgan fingerprint density at radius 2 is 0.541 bits per heavy atom. The van der Waals surface area contributed by atoms with Gasteiger partial charge in [0.05, 0.1) is 6.61 Å². The van der Waals surface area contributed by atoms with Crippen molar-refractivity contribution < 1.29 is 24.2 Å². The number of carbonyl (C=O) groups is 2. The van der Waals surface area contributed by atoms with Gasteiger partial charge in [-0.15, -0.1) is 0 Å². The van der Waals surface area contributed by atoms with Crippen LogP contribution >= 0.6 is 0 Å². The molecule has 0 amide bonds. The zero-order valence-electron chi connectivity index (χ0n) is 46.8. The molecule has 0 radical (unpaired) electrons. The molecular formula is C69H104O5. The fourth-order valence-electron chi connectivity index (χ4n) is 7.11. The molecule has 0 rings (SSSR count). The number of ether oxygens (including phenoxy) is 2. The van der Waals surface area contributed by atoms with Gasteiger partial charge in [-0.25, -0.2) is 0 Å². The van der Waals surface area contributed by atoms with Crippen LogP contribution in [-0.4, -0.2) is 36.4 Å². The molecule has 0 saturated carbocycles. The molecule has 0 spiro atoms. The van der Waals surface area contributed by atoms with E-state index in [2.05, 4.69) is 208 Å². The normalized spacial score (nSPS) is 13.7. The Morgan fingerprint density at radius 1 is 0.311 bits per heavy atom. The summed E-state index contributed by atoms with van der Waals surface area (Å²) in [7, 11) is 0. The highest BCUT2D eigenvalue weighted by Crippen LogP contribution is 2.12. The molecule has 0 aromatic carbocycles. The minimum Gasteiger partial charge on any atom is -0.462 e. The monoisotopic (exact) mass is 1010 g/mol. The topological polar surface area (TPSA) is 72.8 Å². The lowest BCUT2D eigenvalue weighted by atomic mass is 10.1. The molecule has 1 atom stereocenters. The molecule has 0 aromatic heterocycles. The highest BCUT2D eigenvalue weighted by molar-refractivity contribution is 5.70. The summed E-state index contributed by atoms with van der Waals surface area (Å²) >= 11 is 0. The standard InChI is InChI=1S/C69H104O5/c1-3-5-7-9-11-13-15-17-19-21-23-25-27-29-30-31-32-33-34-35-36-37-38-40-42-44-46-48-50-52-54-56-58-60-62-64-69(72)74-67(65-70)66-73-68(71)63-61-59-57-55-53-51-49-47-45-43-41-39-28-26-24-22-20-18-16-14-12-10-8-6-4-2/h5-8,11-14,17-20,23-26,29-30,32-33,35-36,38-41,44-47,51,53,67,70H,3-4,9-10,15-16,21-22,27-28,31,34,37,42-43,48-50,52,54-66H2,1-2H3/b7-5-,8-6-,13-11-,14-12-,19-17-,20-18-,25-23-,26-24-,30-29-,33-32-,36-35-,40-38-,41-39-,46-44-,47-45-,53-51-. The Labute approximate surface area is 454 Å². The van der Waals surface area contributed by atoms with Crippen molar-refractivity contribution in [3.05, 3.63) is 194 Å². The molecule has 0 aliphatic rings. The van der Waals surface area contributed by atoms with Crippen molar-refractivity contribution in [3.63, 3.8) is 0 Å². The van der Waals surface area contributed by atoms with E-state index < -0.39 is 6.10 Å². The summed E-state index contributed by atoms with van der Waals surface area (Å²) in [5.74, 6) is -0.659. The molecule has 5 heteroatoms. The van der Waals surface area contributed by atoms with Gasteiger partial charge < -0.3 is 14.6 Å². The highest BCUT2D eigenvalue weighted by atomic mass is 16.6. The third-order valence-electron chi connectivity index (χ3n) is 11.4. The Morgan fingerprint density at radius 3 is 0.824 bits per heavy atom. The molecule has 0 fully saturated rings. The van der Waals surface area contributed by atoms with Crippen LogP contribution in [0.25, 0.3) is 0 Å². The quantitative estimate of drug-likeness (QED) is 0.0373. The van der Waals surface area contributed by atoms with E-state index in [1.165, 1.54) is 25.7 Å². The third kappa shape index (κ3) is 59.3. The summed E-state index contributed by atoms with van der Waals surface area (Å²) in [5.41, 5.74) is 0. The van der Waals surface area contributed by atoms with E-state index in [1.807, 2.05) is 0 Å². The van der Waals surface area contributed by atoms with Crippen LogP contribution in [0.2, 0.25) is 0 Å². The van der Waals surface area contributed by atoms with Crippen molar-refractivity contribution in [3.8, 4) is 0 Å². The molecule has 0 heterocycles. The van der Waals surface area contributed by atoms with Crippen LogP contribution in [0.15, 0.2) is 194 Å². The Bertz CT molecular complexity index is 1760. The summed E-state index contributed by atoms with van der Waals surface area (Å²) in [6.07, 6.45) is 99.6. The minimum atomic E-state index is -0.810. The van der Waals surface area contributed by atoms with Gasteiger partial charge in [-0.2, -0.15) is 0 Å². The van der Waals surface area contributed by atoms with Gasteiger partial charge in [0.1, 0.15) is 6.61 Å². The SMILES string of the molecule is CC/C=C\C/C=C\C/C=C\C/C=C\C/C=C\C/C=C\C/C=C\C/C=C\C/C=C\CCCCCCCCCC(=O)OC(CO)COC(=O)CCCCC/C=C\C/C=C\C/C=C\C/C=C\C/C=C\C/C=C\C/C=C\CC. The fourth-order valence-corrected chi connectivity index (χ4v) is 7.11. The maximum atomic E-state index is 12.3. The zero-order chi connectivity index (χ0) is 53.4. The van der Waals surface area contributed by atoms with Crippen LogP contribution in [0.5, 0.6) is 0 Å². The molecule has 0 saturated heterocycles. The minimum absolute atomic E-state index is 0.102. The molecule has 0 aromatic rings. The summed E-state index contributed by atoms with van der Waals surface area (Å²) < 4.78 is 10.7. The molecule has 0 aliphatic heterocycles. The van der Waals surface area contributed by atoms with Crippen molar-refractivity contribution in [2.75, 3.05) is 13.2 Å². The van der Waals surface area contributed by atoms with Crippen LogP contribution in [0.4, 0.5) is 0 Å². The smallest absolute Gasteiger partial charge is 0.306 e. The number of hydrogen-bond acceptors (Lipinski definition) is 5. The summed E-state index contributed by atoms with van der Waals surface area (Å²) in [6, 6.07) is 0. The predicted octanol–water partition coefficient (Wildman–Crippen LogP) is 20.1. The first kappa shape index (κ1) is 68.7. The summed E-state index contributed by atoms with van der Waals surface area (Å²) in [6.45, 7) is 3.86. The first-order valence-corrected chi connectivity index (χ1v) is 29.0. The lowest BCUT2D eigenvalue weighted by Gasteiger charge is -2.15. The van der Waals surface area contributed by atoms with Crippen LogP contribution in [0, 0.1) is 0 Å². The molecule has 5 nitrogen and oxygen atoms in total. The number of allylic oxidation sites excluding steroid dienone is 32. The number of rotatable bonds is 50. The van der Waals surface area contributed by atoms with E-state index in [0.717, 1.165) is 154 Å². The van der Waals surface area contributed by atoms with E-state index in [0.29, 0.717) is 12.8 Å². The first-order valence-electron chi connectivity index (χ1n) is 29.0. The first-order chi connectivity index (χ1) is 36.6. The average molecular weight is 1010 g/mol. The van der Waals surface area contributed by atoms with Gasteiger partial charge in [-0.1, -0.05) is 247 Å². The van der Waals surface area contributed by atoms with Crippen molar-refractivity contribution >= 4 is 11.9 Å². The predicted molar refractivity (Wildman–Crippen MR) is 324 cm³/mol. The second-order valence-corrected chi connectivity index (χ2v) is 18.2. The van der Waals surface area contributed by atoms with Crippen LogP contribution < -0.4 is 0 Å². The molecule has 1 unspecified atom stereocenters. The maximum absolute atomic E-state index is 12.3. The summed E-state index contributed by atoms with van der Waals surface area (Å²) in [4.78, 5) is 24.5. The highest BCUT2D eigenvalue weighted by Gasteiger charge is 2.16.